The lowest BCUT2D eigenvalue weighted by atomic mass is 10.1. The number of hydrogen-bond acceptors (Lipinski definition) is 10. The highest BCUT2D eigenvalue weighted by Gasteiger charge is 2.17. The summed E-state index contributed by atoms with van der Waals surface area (Å²) in [5, 5.41) is 15.8. The van der Waals surface area contributed by atoms with Crippen LogP contribution in [0.25, 0.3) is 15.9 Å². The summed E-state index contributed by atoms with van der Waals surface area (Å²) in [6.07, 6.45) is 0. The lowest BCUT2D eigenvalue weighted by Crippen LogP contribution is -2.29. The molecule has 6 rings (SSSR count). The predicted molar refractivity (Wildman–Crippen MR) is 201 cm³/mol. The molecule has 0 saturated carbocycles. The van der Waals surface area contributed by atoms with Gasteiger partial charge >= 0.3 is 0 Å². The molecule has 0 fully saturated rings. The summed E-state index contributed by atoms with van der Waals surface area (Å²) in [5.74, 6) is 2.15. The molecule has 2 aromatic heterocycles. The molecule has 0 atom stereocenters. The first-order valence-electron chi connectivity index (χ1n) is 15.6. The number of anilines is 1. The van der Waals surface area contributed by atoms with Crippen LogP contribution in [0.1, 0.15) is 17.0 Å². The number of thiazole rings is 1. The molecule has 256 valence electrons. The normalized spacial score (nSPS) is 11.0. The van der Waals surface area contributed by atoms with Crippen LogP contribution in [-0.4, -0.2) is 56.2 Å². The molecule has 0 unspecified atom stereocenters. The molecular formula is C36H33ClN6O4S3. The molecule has 0 bridgehead atoms. The van der Waals surface area contributed by atoms with Crippen LogP contribution in [0.2, 0.25) is 5.02 Å². The van der Waals surface area contributed by atoms with Crippen molar-refractivity contribution in [1.82, 2.24) is 25.1 Å². The number of rotatable bonds is 15. The van der Waals surface area contributed by atoms with Crippen LogP contribution < -0.4 is 20.1 Å². The summed E-state index contributed by atoms with van der Waals surface area (Å²) in [7, 11) is 0. The average molecular weight is 745 g/mol. The molecule has 6 aromatic rings. The summed E-state index contributed by atoms with van der Waals surface area (Å²) in [4.78, 5) is 30.0. The zero-order chi connectivity index (χ0) is 34.9. The number of benzene rings is 4. The van der Waals surface area contributed by atoms with Gasteiger partial charge in [-0.15, -0.1) is 21.5 Å². The second kappa shape index (κ2) is 16.9. The van der Waals surface area contributed by atoms with Gasteiger partial charge in [0.25, 0.3) is 0 Å². The second-order valence-corrected chi connectivity index (χ2v) is 14.7. The Balaban J connectivity index is 1.00. The van der Waals surface area contributed by atoms with Crippen molar-refractivity contribution >= 4 is 74.2 Å². The third kappa shape index (κ3) is 9.57. The smallest absolute Gasteiger partial charge is 0.234 e. The van der Waals surface area contributed by atoms with Gasteiger partial charge in [-0.1, -0.05) is 59.4 Å². The van der Waals surface area contributed by atoms with Crippen LogP contribution in [0.5, 0.6) is 11.5 Å². The van der Waals surface area contributed by atoms with E-state index in [1.54, 1.807) is 24.3 Å². The van der Waals surface area contributed by atoms with Crippen molar-refractivity contribution in [2.75, 3.05) is 30.0 Å². The zero-order valence-corrected chi connectivity index (χ0v) is 30.4. The molecule has 50 heavy (non-hydrogen) atoms. The maximum Gasteiger partial charge on any atom is 0.234 e. The van der Waals surface area contributed by atoms with E-state index in [0.717, 1.165) is 31.6 Å². The topological polar surface area (TPSA) is 120 Å². The fourth-order valence-corrected chi connectivity index (χ4v) is 7.55. The minimum Gasteiger partial charge on any atom is -0.492 e. The van der Waals surface area contributed by atoms with Gasteiger partial charge in [0.05, 0.1) is 28.3 Å². The monoisotopic (exact) mass is 744 g/mol. The Bertz CT molecular complexity index is 2090. The Morgan fingerprint density at radius 1 is 0.840 bits per heavy atom. The van der Waals surface area contributed by atoms with Crippen LogP contribution in [0.15, 0.2) is 100 Å². The van der Waals surface area contributed by atoms with E-state index in [4.69, 9.17) is 21.1 Å². The number of aromatic nitrogens is 4. The number of fused-ring (bicyclic) bond motifs is 1. The van der Waals surface area contributed by atoms with E-state index in [0.29, 0.717) is 40.6 Å². The van der Waals surface area contributed by atoms with Gasteiger partial charge in [-0.25, -0.2) is 4.98 Å². The largest absolute Gasteiger partial charge is 0.492 e. The van der Waals surface area contributed by atoms with Gasteiger partial charge < -0.3 is 20.1 Å². The highest BCUT2D eigenvalue weighted by Crippen LogP contribution is 2.31. The van der Waals surface area contributed by atoms with Crippen molar-refractivity contribution in [3.63, 3.8) is 0 Å². The van der Waals surface area contributed by atoms with Gasteiger partial charge in [0, 0.05) is 16.4 Å². The highest BCUT2D eigenvalue weighted by atomic mass is 35.5. The van der Waals surface area contributed by atoms with E-state index in [1.165, 1.54) is 40.4 Å². The van der Waals surface area contributed by atoms with Crippen molar-refractivity contribution in [3.05, 3.63) is 113 Å². The second-order valence-electron chi connectivity index (χ2n) is 11.0. The van der Waals surface area contributed by atoms with Crippen molar-refractivity contribution in [2.45, 2.75) is 30.0 Å². The molecule has 2 heterocycles. The number of amides is 2. The molecule has 14 heteroatoms. The van der Waals surface area contributed by atoms with Gasteiger partial charge in [0.2, 0.25) is 11.8 Å². The quantitative estimate of drug-likeness (QED) is 0.0804. The number of nitrogens with zero attached hydrogens (tertiary/aromatic N) is 4. The molecule has 10 nitrogen and oxygen atoms in total. The van der Waals surface area contributed by atoms with E-state index < -0.39 is 0 Å². The Kier molecular flexibility index (Phi) is 11.9. The molecule has 2 amide bonds. The van der Waals surface area contributed by atoms with Crippen molar-refractivity contribution in [1.29, 1.82) is 0 Å². The number of ether oxygens (including phenoxy) is 2. The third-order valence-corrected chi connectivity index (χ3v) is 10.7. The number of hydrogen-bond donors (Lipinski definition) is 2. The summed E-state index contributed by atoms with van der Waals surface area (Å²) in [6, 6.07) is 28.4. The zero-order valence-electron chi connectivity index (χ0n) is 27.2. The molecule has 0 aliphatic heterocycles. The van der Waals surface area contributed by atoms with Gasteiger partial charge in [-0.3, -0.25) is 14.2 Å². The van der Waals surface area contributed by atoms with E-state index in [-0.39, 0.29) is 29.9 Å². The van der Waals surface area contributed by atoms with E-state index >= 15 is 0 Å². The van der Waals surface area contributed by atoms with Gasteiger partial charge in [0.15, 0.2) is 15.3 Å². The minimum absolute atomic E-state index is 0.108. The number of thioether (sulfide) groups is 2. The summed E-state index contributed by atoms with van der Waals surface area (Å²) < 4.78 is 15.3. The Hall–Kier alpha value is -4.56. The first-order valence-corrected chi connectivity index (χ1v) is 18.8. The van der Waals surface area contributed by atoms with Gasteiger partial charge in [-0.2, -0.15) is 0 Å². The molecule has 0 radical (unpaired) electrons. The van der Waals surface area contributed by atoms with Crippen molar-refractivity contribution in [3.8, 4) is 17.2 Å². The molecular weight excluding hydrogens is 712 g/mol. The fraction of sp³-hybridized carbons (Fsp3) is 0.194. The van der Waals surface area contributed by atoms with Crippen molar-refractivity contribution in [2.24, 2.45) is 0 Å². The van der Waals surface area contributed by atoms with Crippen LogP contribution in [0, 0.1) is 13.8 Å². The number of carbonyl (C=O) groups is 2. The third-order valence-electron chi connectivity index (χ3n) is 7.38. The maximum atomic E-state index is 13.0. The molecule has 0 spiro atoms. The van der Waals surface area contributed by atoms with E-state index in [9.17, 15) is 9.59 Å². The molecule has 2 N–H and O–H groups in total. The number of aryl methyl sites for hydroxylation is 2. The van der Waals surface area contributed by atoms with Crippen LogP contribution in [-0.2, 0) is 16.2 Å². The maximum absolute atomic E-state index is 13.0. The molecule has 0 saturated heterocycles. The fourth-order valence-electron chi connectivity index (χ4n) is 4.71. The standard InChI is InChI=1S/C36H33ClN6O4S3/c1-23-8-12-29(18-24(23)2)47-20-32-41-42-35(43(32)27-6-4-3-5-7-27)48-22-34(45)39-26-11-15-30-31(19-26)50-36(40-30)49-21-33(44)38-16-17-46-28-13-9-25(37)10-14-28/h3-15,18-19H,16-17,20-22H2,1-2H3,(H,38,44)(H,39,45). The predicted octanol–water partition coefficient (Wildman–Crippen LogP) is 7.74. The number of carbonyl (C=O) groups excluding carboxylic acids is 2. The number of para-hydroxylation sites is 1. The molecule has 4 aromatic carbocycles. The van der Waals surface area contributed by atoms with Gasteiger partial charge in [-0.05, 0) is 91.7 Å². The van der Waals surface area contributed by atoms with Crippen molar-refractivity contribution < 1.29 is 19.1 Å². The highest BCUT2D eigenvalue weighted by molar-refractivity contribution is 8.01. The summed E-state index contributed by atoms with van der Waals surface area (Å²) >= 11 is 10.0. The summed E-state index contributed by atoms with van der Waals surface area (Å²) in [6.45, 7) is 5.07. The van der Waals surface area contributed by atoms with E-state index in [2.05, 4.69) is 32.7 Å². The molecule has 0 aliphatic carbocycles. The first-order chi connectivity index (χ1) is 24.3. The summed E-state index contributed by atoms with van der Waals surface area (Å²) in [5.41, 5.74) is 4.69. The van der Waals surface area contributed by atoms with Crippen LogP contribution in [0.3, 0.4) is 0 Å². The van der Waals surface area contributed by atoms with E-state index in [1.807, 2.05) is 78.2 Å². The SMILES string of the molecule is Cc1ccc(OCc2nnc(SCC(=O)Nc3ccc4nc(SCC(=O)NCCOc5ccc(Cl)cc5)sc4c3)n2-c2ccccc2)cc1C. The Morgan fingerprint density at radius 3 is 2.42 bits per heavy atom. The molecule has 0 aliphatic rings. The lowest BCUT2D eigenvalue weighted by Gasteiger charge is -2.12. The lowest BCUT2D eigenvalue weighted by molar-refractivity contribution is -0.118. The minimum atomic E-state index is -0.180. The number of nitrogens with one attached hydrogen (secondary N) is 2. The number of halogens is 1. The average Bonchev–Trinajstić information content (AvgIpc) is 3.73. The van der Waals surface area contributed by atoms with Crippen LogP contribution >= 0.6 is 46.5 Å². The van der Waals surface area contributed by atoms with Crippen LogP contribution in [0.4, 0.5) is 5.69 Å². The first kappa shape index (κ1) is 35.3. The van der Waals surface area contributed by atoms with Gasteiger partial charge in [0.1, 0.15) is 24.7 Å². The Labute approximate surface area is 307 Å². The Morgan fingerprint density at radius 2 is 1.62 bits per heavy atom.